The molecule has 0 bridgehead atoms. The fourth-order valence-electron chi connectivity index (χ4n) is 4.79. The van der Waals surface area contributed by atoms with Crippen LogP contribution in [0.4, 0.5) is 0 Å². The fourth-order valence-corrected chi connectivity index (χ4v) is 4.79. The van der Waals surface area contributed by atoms with Crippen molar-refractivity contribution in [3.8, 4) is 0 Å². The maximum atomic E-state index is 13.2. The fraction of sp³-hybridized carbons (Fsp3) is 0.407. The number of rotatable bonds is 5. The molecular weight excluding hydrogens is 442 g/mol. The number of hydrogen-bond acceptors (Lipinski definition) is 5. The van der Waals surface area contributed by atoms with E-state index in [9.17, 15) is 9.59 Å². The molecule has 2 amide bonds. The SMILES string of the molecule is Cc1ccc(C2Cn3nnc(C(=O)N4CCC(C(=O)NCc5ccccc5C)CC4)c3CO2)cc1. The summed E-state index contributed by atoms with van der Waals surface area (Å²) in [6.07, 6.45) is 1.17. The Morgan fingerprint density at radius 2 is 1.80 bits per heavy atom. The summed E-state index contributed by atoms with van der Waals surface area (Å²) in [6, 6.07) is 16.3. The van der Waals surface area contributed by atoms with Gasteiger partial charge in [-0.2, -0.15) is 0 Å². The Kier molecular flexibility index (Phi) is 6.63. The molecule has 8 nitrogen and oxygen atoms in total. The van der Waals surface area contributed by atoms with E-state index < -0.39 is 0 Å². The number of benzene rings is 2. The van der Waals surface area contributed by atoms with Gasteiger partial charge in [-0.05, 0) is 43.4 Å². The molecule has 0 spiro atoms. The van der Waals surface area contributed by atoms with Crippen molar-refractivity contribution in [1.29, 1.82) is 0 Å². The van der Waals surface area contributed by atoms with Crippen molar-refractivity contribution in [2.24, 2.45) is 5.92 Å². The van der Waals surface area contributed by atoms with Gasteiger partial charge < -0.3 is 15.0 Å². The van der Waals surface area contributed by atoms with Gasteiger partial charge >= 0.3 is 0 Å². The monoisotopic (exact) mass is 473 g/mol. The maximum Gasteiger partial charge on any atom is 0.276 e. The molecule has 1 saturated heterocycles. The molecule has 5 rings (SSSR count). The number of hydrogen-bond donors (Lipinski definition) is 1. The van der Waals surface area contributed by atoms with Crippen molar-refractivity contribution in [2.75, 3.05) is 13.1 Å². The maximum absolute atomic E-state index is 13.2. The van der Waals surface area contributed by atoms with E-state index in [1.807, 2.05) is 31.2 Å². The van der Waals surface area contributed by atoms with Crippen molar-refractivity contribution in [2.45, 2.75) is 52.5 Å². The zero-order valence-corrected chi connectivity index (χ0v) is 20.2. The molecule has 2 aliphatic heterocycles. The minimum atomic E-state index is -0.137. The molecule has 182 valence electrons. The number of aromatic nitrogens is 3. The van der Waals surface area contributed by atoms with E-state index in [2.05, 4.69) is 46.8 Å². The van der Waals surface area contributed by atoms with E-state index in [1.54, 1.807) is 9.58 Å². The Hall–Kier alpha value is -3.52. The van der Waals surface area contributed by atoms with Crippen LogP contribution < -0.4 is 5.32 Å². The lowest BCUT2D eigenvalue weighted by Crippen LogP contribution is -2.43. The molecule has 3 aromatic rings. The van der Waals surface area contributed by atoms with Gasteiger partial charge in [-0.1, -0.05) is 59.3 Å². The van der Waals surface area contributed by atoms with Crippen molar-refractivity contribution >= 4 is 11.8 Å². The van der Waals surface area contributed by atoms with Crippen LogP contribution in [0.25, 0.3) is 0 Å². The summed E-state index contributed by atoms with van der Waals surface area (Å²) in [6.45, 7) is 6.51. The molecule has 2 aliphatic rings. The Bertz CT molecular complexity index is 1210. The van der Waals surface area contributed by atoms with Crippen LogP contribution in [0.3, 0.4) is 0 Å². The summed E-state index contributed by atoms with van der Waals surface area (Å²) in [5.41, 5.74) is 5.65. The Morgan fingerprint density at radius 1 is 1.06 bits per heavy atom. The van der Waals surface area contributed by atoms with Crippen molar-refractivity contribution in [1.82, 2.24) is 25.2 Å². The quantitative estimate of drug-likeness (QED) is 0.614. The van der Waals surface area contributed by atoms with Crippen LogP contribution in [-0.4, -0.2) is 44.8 Å². The molecular formula is C27H31N5O3. The van der Waals surface area contributed by atoms with E-state index in [0.717, 1.165) is 16.8 Å². The van der Waals surface area contributed by atoms with Crippen LogP contribution in [-0.2, 0) is 29.2 Å². The molecule has 0 aliphatic carbocycles. The molecule has 0 saturated carbocycles. The first-order valence-electron chi connectivity index (χ1n) is 12.2. The van der Waals surface area contributed by atoms with Gasteiger partial charge in [0, 0.05) is 25.6 Å². The standard InChI is InChI=1S/C27H31N5O3/c1-18-7-9-20(10-8-18)24-16-32-23(17-35-24)25(29-30-32)27(34)31-13-11-21(12-14-31)26(33)28-15-22-6-4-3-5-19(22)2/h3-10,21,24H,11-17H2,1-2H3,(H,28,33). The van der Waals surface area contributed by atoms with Gasteiger partial charge in [0.05, 0.1) is 18.8 Å². The van der Waals surface area contributed by atoms with Crippen LogP contribution in [0.15, 0.2) is 48.5 Å². The third-order valence-electron chi connectivity index (χ3n) is 7.12. The van der Waals surface area contributed by atoms with Gasteiger partial charge in [-0.15, -0.1) is 5.10 Å². The Balaban J connectivity index is 1.16. The minimum Gasteiger partial charge on any atom is -0.365 e. The number of amides is 2. The average molecular weight is 474 g/mol. The molecule has 35 heavy (non-hydrogen) atoms. The predicted molar refractivity (Wildman–Crippen MR) is 130 cm³/mol. The summed E-state index contributed by atoms with van der Waals surface area (Å²) >= 11 is 0. The van der Waals surface area contributed by atoms with E-state index in [-0.39, 0.29) is 23.8 Å². The lowest BCUT2D eigenvalue weighted by Gasteiger charge is -2.31. The van der Waals surface area contributed by atoms with E-state index in [4.69, 9.17) is 4.74 Å². The van der Waals surface area contributed by atoms with Crippen molar-refractivity contribution < 1.29 is 14.3 Å². The Morgan fingerprint density at radius 3 is 2.54 bits per heavy atom. The highest BCUT2D eigenvalue weighted by Gasteiger charge is 2.33. The highest BCUT2D eigenvalue weighted by atomic mass is 16.5. The number of fused-ring (bicyclic) bond motifs is 1. The number of carbonyl (C=O) groups excluding carboxylic acids is 2. The number of carbonyl (C=O) groups is 2. The van der Waals surface area contributed by atoms with Gasteiger partial charge in [0.1, 0.15) is 6.10 Å². The molecule has 3 heterocycles. The van der Waals surface area contributed by atoms with Gasteiger partial charge in [-0.3, -0.25) is 9.59 Å². The van der Waals surface area contributed by atoms with Crippen LogP contribution in [0.5, 0.6) is 0 Å². The first-order chi connectivity index (χ1) is 17.0. The van der Waals surface area contributed by atoms with Crippen LogP contribution in [0, 0.1) is 19.8 Å². The molecule has 1 unspecified atom stereocenters. The molecule has 2 aromatic carbocycles. The van der Waals surface area contributed by atoms with Crippen molar-refractivity contribution in [3.63, 3.8) is 0 Å². The number of likely N-dealkylation sites (tertiary alicyclic amines) is 1. The highest BCUT2D eigenvalue weighted by Crippen LogP contribution is 2.28. The molecule has 0 radical (unpaired) electrons. The lowest BCUT2D eigenvalue weighted by atomic mass is 9.95. The van der Waals surface area contributed by atoms with Gasteiger partial charge in [0.25, 0.3) is 5.91 Å². The third kappa shape index (κ3) is 4.98. The number of piperidine rings is 1. The lowest BCUT2D eigenvalue weighted by molar-refractivity contribution is -0.126. The second-order valence-electron chi connectivity index (χ2n) is 9.49. The van der Waals surface area contributed by atoms with E-state index in [0.29, 0.717) is 51.3 Å². The van der Waals surface area contributed by atoms with Crippen LogP contribution in [0.1, 0.15) is 57.4 Å². The Labute approximate surface area is 205 Å². The second-order valence-corrected chi connectivity index (χ2v) is 9.49. The molecule has 1 N–H and O–H groups in total. The summed E-state index contributed by atoms with van der Waals surface area (Å²) in [7, 11) is 0. The average Bonchev–Trinajstić information content (AvgIpc) is 3.31. The normalized spacial score (nSPS) is 18.2. The molecule has 1 aromatic heterocycles. The summed E-state index contributed by atoms with van der Waals surface area (Å²) in [4.78, 5) is 27.7. The summed E-state index contributed by atoms with van der Waals surface area (Å²) in [5.74, 6) is -0.171. The first kappa shape index (κ1) is 23.2. The summed E-state index contributed by atoms with van der Waals surface area (Å²) < 4.78 is 7.85. The number of aryl methyl sites for hydroxylation is 2. The smallest absolute Gasteiger partial charge is 0.276 e. The first-order valence-corrected chi connectivity index (χ1v) is 12.2. The molecule has 1 atom stereocenters. The van der Waals surface area contributed by atoms with Crippen molar-refractivity contribution in [3.05, 3.63) is 82.2 Å². The molecule has 8 heteroatoms. The topological polar surface area (TPSA) is 89.4 Å². The zero-order chi connectivity index (χ0) is 24.4. The zero-order valence-electron chi connectivity index (χ0n) is 20.2. The number of nitrogens with zero attached hydrogens (tertiary/aromatic N) is 4. The summed E-state index contributed by atoms with van der Waals surface area (Å²) in [5, 5.41) is 11.5. The number of nitrogens with one attached hydrogen (secondary N) is 1. The minimum absolute atomic E-state index is 0.0527. The largest absolute Gasteiger partial charge is 0.365 e. The second kappa shape index (κ2) is 10.00. The molecule has 1 fully saturated rings. The van der Waals surface area contributed by atoms with Crippen LogP contribution in [0.2, 0.25) is 0 Å². The number of ether oxygens (including phenoxy) is 1. The van der Waals surface area contributed by atoms with Gasteiger partial charge in [0.15, 0.2) is 5.69 Å². The van der Waals surface area contributed by atoms with Gasteiger partial charge in [-0.25, -0.2) is 4.68 Å². The highest BCUT2D eigenvalue weighted by molar-refractivity contribution is 5.93. The van der Waals surface area contributed by atoms with E-state index >= 15 is 0 Å². The predicted octanol–water partition coefficient (Wildman–Crippen LogP) is 3.34. The van der Waals surface area contributed by atoms with Gasteiger partial charge in [0.2, 0.25) is 5.91 Å². The third-order valence-corrected chi connectivity index (χ3v) is 7.12. The van der Waals surface area contributed by atoms with Crippen LogP contribution >= 0.6 is 0 Å². The van der Waals surface area contributed by atoms with E-state index in [1.165, 1.54) is 11.1 Å².